The zero-order chi connectivity index (χ0) is 10.5. The minimum atomic E-state index is 0.868. The molecule has 0 aliphatic carbocycles. The van der Waals surface area contributed by atoms with Crippen molar-refractivity contribution in [3.05, 3.63) is 0 Å². The third-order valence-corrected chi connectivity index (χ3v) is 2.91. The molecule has 0 rings (SSSR count). The molecule has 0 radical (unpaired) electrons. The van der Waals surface area contributed by atoms with E-state index in [1.54, 1.807) is 0 Å². The van der Waals surface area contributed by atoms with Gasteiger partial charge in [-0.2, -0.15) is 0 Å². The smallest absolute Gasteiger partial charge is 0.0584 e. The maximum absolute atomic E-state index is 4.49. The molecule has 0 N–H and O–H groups in total. The Morgan fingerprint density at radius 2 is 1.36 bits per heavy atom. The molecule has 0 saturated heterocycles. The van der Waals surface area contributed by atoms with E-state index >= 15 is 0 Å². The molecule has 0 aliphatic heterocycles. The van der Waals surface area contributed by atoms with Gasteiger partial charge >= 0.3 is 0 Å². The number of hydrogen-bond donors (Lipinski definition) is 0. The van der Waals surface area contributed by atoms with Crippen molar-refractivity contribution in [2.75, 3.05) is 11.9 Å². The highest BCUT2D eigenvalue weighted by Crippen LogP contribution is 2.09. The van der Waals surface area contributed by atoms with Gasteiger partial charge in [0.2, 0.25) is 0 Å². The minimum Gasteiger partial charge on any atom is -0.233 e. The summed E-state index contributed by atoms with van der Waals surface area (Å²) in [7, 11) is 0. The molecule has 0 fully saturated rings. The highest BCUT2D eigenvalue weighted by Gasteiger charge is 1.91. The van der Waals surface area contributed by atoms with Gasteiger partial charge in [0.15, 0.2) is 0 Å². The topological polar surface area (TPSA) is 12.4 Å². The molecule has 0 atom stereocenters. The highest BCUT2D eigenvalue weighted by atomic mass is 79.9. The van der Waals surface area contributed by atoms with Crippen LogP contribution in [0.25, 0.3) is 0 Å². The Kier molecular flexibility index (Phi) is 13.5. The van der Waals surface area contributed by atoms with Crippen LogP contribution < -0.4 is 0 Å². The number of thiocarbonyl (C=S) groups is 1. The summed E-state index contributed by atoms with van der Waals surface area (Å²) in [6, 6.07) is 0. The number of hydrogen-bond acceptors (Lipinski definition) is 2. The van der Waals surface area contributed by atoms with Crippen LogP contribution in [0.4, 0.5) is 0 Å². The van der Waals surface area contributed by atoms with Crippen LogP contribution in [0.15, 0.2) is 4.99 Å². The van der Waals surface area contributed by atoms with Crippen LogP contribution >= 0.6 is 28.1 Å². The highest BCUT2D eigenvalue weighted by molar-refractivity contribution is 9.09. The van der Waals surface area contributed by atoms with Crippen LogP contribution in [0.2, 0.25) is 0 Å². The zero-order valence-corrected chi connectivity index (χ0v) is 11.2. The van der Waals surface area contributed by atoms with Crippen molar-refractivity contribution < 1.29 is 0 Å². The van der Waals surface area contributed by atoms with Crippen molar-refractivity contribution in [2.45, 2.75) is 51.4 Å². The van der Waals surface area contributed by atoms with Crippen LogP contribution in [0.5, 0.6) is 0 Å². The monoisotopic (exact) mass is 277 g/mol. The average molecular weight is 278 g/mol. The molecular weight excluding hydrogens is 258 g/mol. The summed E-state index contributed by atoms with van der Waals surface area (Å²) in [4.78, 5) is 3.89. The van der Waals surface area contributed by atoms with Gasteiger partial charge in [-0.15, -0.1) is 0 Å². The second kappa shape index (κ2) is 13.3. The number of rotatable bonds is 10. The molecule has 1 nitrogen and oxygen atoms in total. The molecule has 0 spiro atoms. The van der Waals surface area contributed by atoms with Crippen molar-refractivity contribution in [3.8, 4) is 0 Å². The van der Waals surface area contributed by atoms with E-state index in [0.717, 1.165) is 11.9 Å². The van der Waals surface area contributed by atoms with Crippen LogP contribution in [0.1, 0.15) is 51.4 Å². The van der Waals surface area contributed by atoms with E-state index < -0.39 is 0 Å². The molecule has 0 saturated carbocycles. The van der Waals surface area contributed by atoms with Crippen molar-refractivity contribution in [1.82, 2.24) is 0 Å². The lowest BCUT2D eigenvalue weighted by Crippen LogP contribution is -1.83. The molecule has 0 unspecified atom stereocenters. The summed E-state index contributed by atoms with van der Waals surface area (Å²) < 4.78 is 0. The first-order chi connectivity index (χ1) is 6.91. The minimum absolute atomic E-state index is 0.868. The van der Waals surface area contributed by atoms with E-state index in [9.17, 15) is 0 Å². The van der Waals surface area contributed by atoms with E-state index in [1.165, 1.54) is 51.4 Å². The number of isothiocyanates is 1. The molecule has 0 aliphatic rings. The van der Waals surface area contributed by atoms with Gasteiger partial charge < -0.3 is 0 Å². The van der Waals surface area contributed by atoms with Gasteiger partial charge in [-0.1, -0.05) is 54.5 Å². The quantitative estimate of drug-likeness (QED) is 0.246. The lowest BCUT2D eigenvalue weighted by Gasteiger charge is -1.99. The summed E-state index contributed by atoms with van der Waals surface area (Å²) in [5, 5.41) is 3.55. The van der Waals surface area contributed by atoms with E-state index in [2.05, 4.69) is 38.3 Å². The largest absolute Gasteiger partial charge is 0.233 e. The molecule has 0 aromatic heterocycles. The second-order valence-corrected chi connectivity index (χ2v) is 4.47. The predicted octanol–water partition coefficient (Wildman–Crippen LogP) is 4.60. The SMILES string of the molecule is S=C=NCCCCCCCCCCBr. The third kappa shape index (κ3) is 12.3. The van der Waals surface area contributed by atoms with Crippen LogP contribution in [0.3, 0.4) is 0 Å². The first-order valence-electron chi connectivity index (χ1n) is 5.51. The van der Waals surface area contributed by atoms with Crippen molar-refractivity contribution in [3.63, 3.8) is 0 Å². The number of unbranched alkanes of at least 4 members (excludes halogenated alkanes) is 7. The molecule has 82 valence electrons. The summed E-state index contributed by atoms with van der Waals surface area (Å²) in [5.41, 5.74) is 0. The summed E-state index contributed by atoms with van der Waals surface area (Å²) >= 11 is 7.93. The van der Waals surface area contributed by atoms with Gasteiger partial charge in [-0.25, -0.2) is 4.99 Å². The first-order valence-corrected chi connectivity index (χ1v) is 7.04. The van der Waals surface area contributed by atoms with E-state index in [1.807, 2.05) is 0 Å². The molecular formula is C11H20BrNS. The van der Waals surface area contributed by atoms with Gasteiger partial charge in [0.25, 0.3) is 0 Å². The van der Waals surface area contributed by atoms with Gasteiger partial charge in [-0.05, 0) is 25.1 Å². The Balaban J connectivity index is 2.88. The number of alkyl halides is 1. The zero-order valence-electron chi connectivity index (χ0n) is 8.80. The van der Waals surface area contributed by atoms with Gasteiger partial charge in [0, 0.05) is 11.9 Å². The fourth-order valence-electron chi connectivity index (χ4n) is 1.39. The lowest BCUT2D eigenvalue weighted by molar-refractivity contribution is 0.580. The van der Waals surface area contributed by atoms with Gasteiger partial charge in [-0.3, -0.25) is 0 Å². The van der Waals surface area contributed by atoms with Gasteiger partial charge in [0.05, 0.1) is 5.16 Å². The average Bonchev–Trinajstić information content (AvgIpc) is 2.21. The summed E-state index contributed by atoms with van der Waals surface area (Å²) in [6.07, 6.45) is 10.7. The van der Waals surface area contributed by atoms with E-state index in [4.69, 9.17) is 0 Å². The Morgan fingerprint density at radius 3 is 1.86 bits per heavy atom. The lowest BCUT2D eigenvalue weighted by atomic mass is 10.1. The van der Waals surface area contributed by atoms with Gasteiger partial charge in [0.1, 0.15) is 0 Å². The van der Waals surface area contributed by atoms with Crippen molar-refractivity contribution in [2.24, 2.45) is 4.99 Å². The molecule has 0 bridgehead atoms. The second-order valence-electron chi connectivity index (χ2n) is 3.49. The molecule has 3 heteroatoms. The number of nitrogens with zero attached hydrogens (tertiary/aromatic N) is 1. The van der Waals surface area contributed by atoms with Crippen LogP contribution in [-0.2, 0) is 0 Å². The molecule has 0 heterocycles. The molecule has 0 aromatic carbocycles. The van der Waals surface area contributed by atoms with Crippen molar-refractivity contribution in [1.29, 1.82) is 0 Å². The van der Waals surface area contributed by atoms with Crippen molar-refractivity contribution >= 4 is 33.3 Å². The molecule has 14 heavy (non-hydrogen) atoms. The molecule has 0 amide bonds. The Morgan fingerprint density at radius 1 is 0.857 bits per heavy atom. The Bertz CT molecular complexity index is 155. The molecule has 0 aromatic rings. The number of halogens is 1. The normalized spacial score (nSPS) is 9.79. The van der Waals surface area contributed by atoms with E-state index in [0.29, 0.717) is 0 Å². The number of aliphatic imine (C=N–C) groups is 1. The standard InChI is InChI=1S/C11H20BrNS/c12-9-7-5-3-1-2-4-6-8-10-13-11-14/h1-10H2. The Hall–Kier alpha value is 0.280. The summed E-state index contributed by atoms with van der Waals surface area (Å²) in [6.45, 7) is 0.868. The Labute approximate surface area is 102 Å². The fraction of sp³-hybridized carbons (Fsp3) is 0.909. The maximum atomic E-state index is 4.49. The third-order valence-electron chi connectivity index (χ3n) is 2.22. The summed E-state index contributed by atoms with van der Waals surface area (Å²) in [5.74, 6) is 0. The van der Waals surface area contributed by atoms with Crippen LogP contribution in [-0.4, -0.2) is 17.0 Å². The maximum Gasteiger partial charge on any atom is 0.0584 e. The first kappa shape index (κ1) is 14.3. The fourth-order valence-corrected chi connectivity index (χ4v) is 1.88. The van der Waals surface area contributed by atoms with E-state index in [-0.39, 0.29) is 0 Å². The predicted molar refractivity (Wildman–Crippen MR) is 70.6 cm³/mol. The van der Waals surface area contributed by atoms with Crippen LogP contribution in [0, 0.1) is 0 Å².